The molecule has 2 atom stereocenters. The van der Waals surface area contributed by atoms with Gasteiger partial charge in [0.05, 0.1) is 6.61 Å². The average molecular weight is 246 g/mol. The van der Waals surface area contributed by atoms with Crippen LogP contribution in [-0.4, -0.2) is 29.5 Å². The van der Waals surface area contributed by atoms with Gasteiger partial charge in [-0.3, -0.25) is 4.79 Å². The van der Waals surface area contributed by atoms with Crippen LogP contribution < -0.4 is 0 Å². The highest BCUT2D eigenvalue weighted by Gasteiger charge is 2.68. The van der Waals surface area contributed by atoms with Crippen LogP contribution in [0.15, 0.2) is 30.3 Å². The van der Waals surface area contributed by atoms with E-state index in [-0.39, 0.29) is 5.56 Å². The minimum absolute atomic E-state index is 0.128. The lowest BCUT2D eigenvalue weighted by Crippen LogP contribution is -2.65. The Morgan fingerprint density at radius 1 is 1.35 bits per heavy atom. The number of rotatable bonds is 2. The van der Waals surface area contributed by atoms with Gasteiger partial charge in [-0.25, -0.2) is 0 Å². The predicted octanol–water partition coefficient (Wildman–Crippen LogP) is 1.77. The molecule has 2 unspecified atom stereocenters. The predicted molar refractivity (Wildman–Crippen MR) is 51.2 cm³/mol. The molecule has 0 spiro atoms. The Labute approximate surface area is 94.8 Å². The molecule has 0 aliphatic carbocycles. The Kier molecular flexibility index (Phi) is 2.71. The fourth-order valence-corrected chi connectivity index (χ4v) is 1.66. The van der Waals surface area contributed by atoms with Crippen molar-refractivity contribution in [2.75, 3.05) is 6.61 Å². The molecular formula is C11H9F3O3. The van der Waals surface area contributed by atoms with Crippen molar-refractivity contribution >= 4 is 5.78 Å². The average Bonchev–Trinajstić information content (AvgIpc) is 2.26. The summed E-state index contributed by atoms with van der Waals surface area (Å²) in [6.45, 7) is -0.427. The summed E-state index contributed by atoms with van der Waals surface area (Å²) < 4.78 is 41.6. The Balaban J connectivity index is 2.23. The van der Waals surface area contributed by atoms with Crippen molar-refractivity contribution in [3.63, 3.8) is 0 Å². The molecule has 1 aliphatic heterocycles. The number of ketones is 1. The van der Waals surface area contributed by atoms with E-state index in [0.29, 0.717) is 0 Å². The Morgan fingerprint density at radius 2 is 1.94 bits per heavy atom. The van der Waals surface area contributed by atoms with Gasteiger partial charge in [0.2, 0.25) is 0 Å². The number of ether oxygens (including phenoxy) is 1. The first-order valence-corrected chi connectivity index (χ1v) is 4.88. The van der Waals surface area contributed by atoms with Crippen molar-refractivity contribution in [2.45, 2.75) is 12.0 Å². The summed E-state index contributed by atoms with van der Waals surface area (Å²) in [5, 5.41) is 9.27. The number of benzene rings is 1. The maximum Gasteiger partial charge on any atom is 0.443 e. The van der Waals surface area contributed by atoms with Gasteiger partial charge in [0, 0.05) is 5.56 Å². The van der Waals surface area contributed by atoms with Gasteiger partial charge >= 0.3 is 6.18 Å². The second-order valence-electron chi connectivity index (χ2n) is 3.79. The molecule has 6 heteroatoms. The summed E-state index contributed by atoms with van der Waals surface area (Å²) in [5.74, 6) is -5.71. The van der Waals surface area contributed by atoms with Crippen molar-refractivity contribution in [1.29, 1.82) is 0 Å². The van der Waals surface area contributed by atoms with Crippen LogP contribution in [0.25, 0.3) is 0 Å². The van der Waals surface area contributed by atoms with E-state index in [1.54, 1.807) is 18.2 Å². The molecule has 0 amide bonds. The monoisotopic (exact) mass is 246 g/mol. The van der Waals surface area contributed by atoms with Crippen molar-refractivity contribution in [1.82, 2.24) is 0 Å². The maximum absolute atomic E-state index is 12.5. The van der Waals surface area contributed by atoms with Gasteiger partial charge in [-0.05, 0) is 0 Å². The number of hydrogen-bond donors (Lipinski definition) is 1. The summed E-state index contributed by atoms with van der Waals surface area (Å²) in [5.41, 5.74) is 0.128. The second kappa shape index (κ2) is 3.82. The third-order valence-corrected chi connectivity index (χ3v) is 2.72. The van der Waals surface area contributed by atoms with E-state index in [2.05, 4.69) is 4.74 Å². The molecule has 17 heavy (non-hydrogen) atoms. The topological polar surface area (TPSA) is 46.5 Å². The fraction of sp³-hybridized carbons (Fsp3) is 0.364. The zero-order valence-electron chi connectivity index (χ0n) is 8.57. The van der Waals surface area contributed by atoms with Crippen LogP contribution in [0, 0.1) is 5.92 Å². The molecule has 1 saturated heterocycles. The molecule has 1 aromatic carbocycles. The molecule has 0 aromatic heterocycles. The van der Waals surface area contributed by atoms with Crippen LogP contribution in [0.4, 0.5) is 13.2 Å². The number of aliphatic hydroxyl groups is 1. The van der Waals surface area contributed by atoms with Crippen LogP contribution >= 0.6 is 0 Å². The van der Waals surface area contributed by atoms with Crippen LogP contribution in [0.5, 0.6) is 0 Å². The lowest BCUT2D eigenvalue weighted by atomic mass is 9.85. The molecule has 1 aromatic rings. The van der Waals surface area contributed by atoms with Gasteiger partial charge in [-0.15, -0.1) is 0 Å². The first-order valence-electron chi connectivity index (χ1n) is 4.88. The van der Waals surface area contributed by atoms with E-state index in [0.717, 1.165) is 0 Å². The van der Waals surface area contributed by atoms with Crippen LogP contribution in [0.3, 0.4) is 0 Å². The highest BCUT2D eigenvalue weighted by molar-refractivity contribution is 5.99. The van der Waals surface area contributed by atoms with Crippen molar-refractivity contribution in [3.05, 3.63) is 35.9 Å². The van der Waals surface area contributed by atoms with Gasteiger partial charge < -0.3 is 9.84 Å². The van der Waals surface area contributed by atoms with Crippen LogP contribution in [0.2, 0.25) is 0 Å². The first kappa shape index (κ1) is 12.1. The molecule has 3 nitrogen and oxygen atoms in total. The lowest BCUT2D eigenvalue weighted by Gasteiger charge is -2.44. The Bertz CT molecular complexity index is 429. The summed E-state index contributed by atoms with van der Waals surface area (Å²) >= 11 is 0. The quantitative estimate of drug-likeness (QED) is 0.809. The molecule has 1 heterocycles. The Morgan fingerprint density at radius 3 is 2.35 bits per heavy atom. The highest BCUT2D eigenvalue weighted by Crippen LogP contribution is 2.45. The molecule has 0 radical (unpaired) electrons. The van der Waals surface area contributed by atoms with E-state index in [4.69, 9.17) is 0 Å². The highest BCUT2D eigenvalue weighted by atomic mass is 19.4. The number of halogens is 3. The van der Waals surface area contributed by atoms with Crippen molar-refractivity contribution in [2.24, 2.45) is 5.92 Å². The summed E-state index contributed by atoms with van der Waals surface area (Å²) in [6.07, 6.45) is -4.97. The third kappa shape index (κ3) is 1.83. The zero-order chi connectivity index (χ0) is 12.7. The molecule has 0 saturated carbocycles. The fourth-order valence-electron chi connectivity index (χ4n) is 1.66. The van der Waals surface area contributed by atoms with E-state index < -0.39 is 30.3 Å². The standard InChI is InChI=1S/C11H9F3O3/c12-11(13,14)10(16)8(6-17-10)9(15)7-4-2-1-3-5-7/h1-5,8,16H,6H2. The van der Waals surface area contributed by atoms with Gasteiger partial charge in [0.1, 0.15) is 5.92 Å². The minimum atomic E-state index is -4.97. The van der Waals surface area contributed by atoms with Crippen molar-refractivity contribution < 1.29 is 27.8 Å². The van der Waals surface area contributed by atoms with Gasteiger partial charge in [-0.2, -0.15) is 13.2 Å². The van der Waals surface area contributed by atoms with Crippen molar-refractivity contribution in [3.8, 4) is 0 Å². The smallest absolute Gasteiger partial charge is 0.358 e. The normalized spacial score (nSPS) is 28.6. The summed E-state index contributed by atoms with van der Waals surface area (Å²) in [4.78, 5) is 11.7. The zero-order valence-corrected chi connectivity index (χ0v) is 8.57. The van der Waals surface area contributed by atoms with Gasteiger partial charge in [0.25, 0.3) is 5.79 Å². The second-order valence-corrected chi connectivity index (χ2v) is 3.79. The SMILES string of the molecule is O=C(c1ccccc1)C1COC1(O)C(F)(F)F. The minimum Gasteiger partial charge on any atom is -0.358 e. The maximum atomic E-state index is 12.5. The van der Waals surface area contributed by atoms with E-state index in [9.17, 15) is 23.1 Å². The Hall–Kier alpha value is -1.40. The number of carbonyl (C=O) groups is 1. The van der Waals surface area contributed by atoms with Crippen LogP contribution in [-0.2, 0) is 4.74 Å². The molecule has 0 bridgehead atoms. The number of Topliss-reactive ketones (excluding diaryl/α,β-unsaturated/α-hetero) is 1. The number of carbonyl (C=O) groups excluding carboxylic acids is 1. The van der Waals surface area contributed by atoms with E-state index >= 15 is 0 Å². The first-order chi connectivity index (χ1) is 7.86. The summed E-state index contributed by atoms with van der Waals surface area (Å²) in [7, 11) is 0. The molecule has 2 rings (SSSR count). The van der Waals surface area contributed by atoms with E-state index in [1.807, 2.05) is 0 Å². The van der Waals surface area contributed by atoms with Crippen LogP contribution in [0.1, 0.15) is 10.4 Å². The molecular weight excluding hydrogens is 237 g/mol. The number of alkyl halides is 3. The number of hydrogen-bond acceptors (Lipinski definition) is 3. The van der Waals surface area contributed by atoms with E-state index in [1.165, 1.54) is 12.1 Å². The third-order valence-electron chi connectivity index (χ3n) is 2.72. The molecule has 1 aliphatic rings. The molecule has 1 fully saturated rings. The van der Waals surface area contributed by atoms with Gasteiger partial charge in [0.15, 0.2) is 5.78 Å². The molecule has 92 valence electrons. The van der Waals surface area contributed by atoms with Gasteiger partial charge in [-0.1, -0.05) is 30.3 Å². The lowest BCUT2D eigenvalue weighted by molar-refractivity contribution is -0.430. The summed E-state index contributed by atoms with van der Waals surface area (Å²) in [6, 6.07) is 7.53. The molecule has 1 N–H and O–H groups in total. The largest absolute Gasteiger partial charge is 0.443 e.